The zero-order valence-electron chi connectivity index (χ0n) is 11.0. The average Bonchev–Trinajstić information content (AvgIpc) is 2.52. The predicted octanol–water partition coefficient (Wildman–Crippen LogP) is 3.38. The second-order valence-corrected chi connectivity index (χ2v) is 3.83. The Morgan fingerprint density at radius 3 is 2.09 bits per heavy atom. The van der Waals surface area contributed by atoms with Gasteiger partial charge in [0.05, 0.1) is 5.69 Å². The lowest BCUT2D eigenvalue weighted by Gasteiger charge is -2.09. The van der Waals surface area contributed by atoms with Crippen LogP contribution in [0.5, 0.6) is 11.5 Å². The van der Waals surface area contributed by atoms with Gasteiger partial charge in [0.1, 0.15) is 11.4 Å². The Hall–Kier alpha value is -3.62. The molecule has 2 aromatic rings. The van der Waals surface area contributed by atoms with E-state index in [0.717, 1.165) is 0 Å². The summed E-state index contributed by atoms with van der Waals surface area (Å²) in [6.45, 7) is 0. The maximum absolute atomic E-state index is 10.5. The first-order valence-corrected chi connectivity index (χ1v) is 5.93. The first-order valence-electron chi connectivity index (χ1n) is 5.93. The maximum atomic E-state index is 10.5. The molecule has 106 valence electrons. The first-order chi connectivity index (χ1) is 10.8. The van der Waals surface area contributed by atoms with Crippen molar-refractivity contribution in [3.63, 3.8) is 0 Å². The molecule has 2 rings (SSSR count). The van der Waals surface area contributed by atoms with Gasteiger partial charge in [0.25, 0.3) is 0 Å². The summed E-state index contributed by atoms with van der Waals surface area (Å²) in [5.74, 6) is 0.488. The van der Waals surface area contributed by atoms with E-state index in [0.29, 0.717) is 0 Å². The Balaban J connectivity index is 2.47. The molecule has 0 N–H and O–H groups in total. The smallest absolute Gasteiger partial charge is 0.240 e. The number of para-hydroxylation sites is 2. The van der Waals surface area contributed by atoms with E-state index in [1.807, 2.05) is 0 Å². The number of hydrogen-bond acceptors (Lipinski definition) is 7. The molecule has 7 heteroatoms. The summed E-state index contributed by atoms with van der Waals surface area (Å²) in [5, 5.41) is 0. The van der Waals surface area contributed by atoms with Crippen LogP contribution in [0, 0.1) is 0 Å². The Morgan fingerprint density at radius 2 is 1.36 bits per heavy atom. The van der Waals surface area contributed by atoms with E-state index in [4.69, 9.17) is 4.74 Å². The van der Waals surface area contributed by atoms with Crippen LogP contribution in [0.1, 0.15) is 0 Å². The van der Waals surface area contributed by atoms with Gasteiger partial charge in [-0.05, 0) is 30.3 Å². The summed E-state index contributed by atoms with van der Waals surface area (Å²) in [4.78, 5) is 41.6. The van der Waals surface area contributed by atoms with Gasteiger partial charge in [-0.2, -0.15) is 15.0 Å². The van der Waals surface area contributed by atoms with Gasteiger partial charge in [-0.15, -0.1) is 0 Å². The zero-order valence-corrected chi connectivity index (χ0v) is 11.0. The van der Waals surface area contributed by atoms with Crippen LogP contribution in [0.4, 0.5) is 17.1 Å². The molecular formula is C15H7N3O4. The van der Waals surface area contributed by atoms with Crippen LogP contribution in [0.3, 0.4) is 0 Å². The third-order valence-electron chi connectivity index (χ3n) is 2.53. The Labute approximate surface area is 124 Å². The molecule has 0 amide bonds. The van der Waals surface area contributed by atoms with Crippen molar-refractivity contribution in [2.45, 2.75) is 0 Å². The van der Waals surface area contributed by atoms with Crippen molar-refractivity contribution in [1.29, 1.82) is 0 Å². The number of isocyanates is 3. The summed E-state index contributed by atoms with van der Waals surface area (Å²) in [5.41, 5.74) is 0.653. The van der Waals surface area contributed by atoms with Crippen LogP contribution in [0.2, 0.25) is 0 Å². The van der Waals surface area contributed by atoms with E-state index < -0.39 is 0 Å². The molecule has 7 nitrogen and oxygen atoms in total. The fraction of sp³-hybridized carbons (Fsp3) is 0. The van der Waals surface area contributed by atoms with Crippen molar-refractivity contribution in [2.24, 2.45) is 15.0 Å². The lowest BCUT2D eigenvalue weighted by Crippen LogP contribution is -1.85. The molecule has 0 aliphatic carbocycles. The molecule has 0 atom stereocenters. The van der Waals surface area contributed by atoms with E-state index in [1.54, 1.807) is 24.3 Å². The summed E-state index contributed by atoms with van der Waals surface area (Å²) in [7, 11) is 0. The summed E-state index contributed by atoms with van der Waals surface area (Å²) in [6.07, 6.45) is 4.20. The van der Waals surface area contributed by atoms with Crippen LogP contribution in [0.15, 0.2) is 57.4 Å². The minimum atomic E-state index is 0.122. The molecule has 0 saturated carbocycles. The predicted molar refractivity (Wildman–Crippen MR) is 76.3 cm³/mol. The van der Waals surface area contributed by atoms with Crippen LogP contribution in [-0.2, 0) is 14.4 Å². The van der Waals surface area contributed by atoms with Crippen LogP contribution in [0.25, 0.3) is 0 Å². The minimum Gasteiger partial charge on any atom is -0.453 e. The van der Waals surface area contributed by atoms with Crippen LogP contribution in [-0.4, -0.2) is 18.2 Å². The molecule has 0 radical (unpaired) electrons. The highest BCUT2D eigenvalue weighted by atomic mass is 16.5. The van der Waals surface area contributed by atoms with Crippen molar-refractivity contribution in [2.75, 3.05) is 0 Å². The van der Waals surface area contributed by atoms with Crippen LogP contribution < -0.4 is 4.74 Å². The van der Waals surface area contributed by atoms with Crippen molar-refractivity contribution in [3.05, 3.63) is 42.5 Å². The molecule has 0 saturated heterocycles. The second-order valence-electron chi connectivity index (χ2n) is 3.83. The van der Waals surface area contributed by atoms with Gasteiger partial charge in [-0.3, -0.25) is 0 Å². The Morgan fingerprint density at radius 1 is 0.727 bits per heavy atom. The molecule has 0 heterocycles. The number of carbonyl (C=O) groups excluding carboxylic acids is 3. The normalized spacial score (nSPS) is 8.91. The van der Waals surface area contributed by atoms with Gasteiger partial charge in [0.15, 0.2) is 11.5 Å². The number of benzene rings is 2. The standard InChI is InChI=1S/C15H7N3O4/c19-8-16-11-5-6-15(13(7-11)18-10-21)22-14-4-2-1-3-12(14)17-9-20/h1-7H. The van der Waals surface area contributed by atoms with Gasteiger partial charge in [0, 0.05) is 0 Å². The molecule has 0 unspecified atom stereocenters. The van der Waals surface area contributed by atoms with Gasteiger partial charge in [-0.25, -0.2) is 14.4 Å². The lowest BCUT2D eigenvalue weighted by molar-refractivity contribution is 0.485. The molecule has 0 aliphatic rings. The van der Waals surface area contributed by atoms with Gasteiger partial charge in [0.2, 0.25) is 18.2 Å². The van der Waals surface area contributed by atoms with E-state index in [2.05, 4.69) is 15.0 Å². The van der Waals surface area contributed by atoms with Gasteiger partial charge >= 0.3 is 0 Å². The highest BCUT2D eigenvalue weighted by Gasteiger charge is 2.09. The Bertz CT molecular complexity index is 844. The van der Waals surface area contributed by atoms with E-state index in [9.17, 15) is 14.4 Å². The number of nitrogens with zero attached hydrogens (tertiary/aromatic N) is 3. The number of ether oxygens (including phenoxy) is 1. The fourth-order valence-corrected chi connectivity index (χ4v) is 1.65. The number of rotatable bonds is 5. The third kappa shape index (κ3) is 3.48. The molecule has 2 aromatic carbocycles. The number of aliphatic imine (C=N–C) groups is 3. The minimum absolute atomic E-state index is 0.122. The van der Waals surface area contributed by atoms with Crippen molar-refractivity contribution in [3.8, 4) is 11.5 Å². The first kappa shape index (κ1) is 14.8. The van der Waals surface area contributed by atoms with Crippen molar-refractivity contribution in [1.82, 2.24) is 0 Å². The SMILES string of the molecule is O=C=Nc1ccc(Oc2ccccc2N=C=O)c(N=C=O)c1. The maximum Gasteiger partial charge on any atom is 0.240 e. The lowest BCUT2D eigenvalue weighted by atomic mass is 10.2. The molecule has 22 heavy (non-hydrogen) atoms. The van der Waals surface area contributed by atoms with Gasteiger partial charge < -0.3 is 4.74 Å². The van der Waals surface area contributed by atoms with E-state index in [-0.39, 0.29) is 28.6 Å². The molecule has 0 bridgehead atoms. The summed E-state index contributed by atoms with van der Waals surface area (Å²) >= 11 is 0. The molecular weight excluding hydrogens is 286 g/mol. The van der Waals surface area contributed by atoms with Crippen molar-refractivity contribution < 1.29 is 19.1 Å². The van der Waals surface area contributed by atoms with Gasteiger partial charge in [-0.1, -0.05) is 12.1 Å². The van der Waals surface area contributed by atoms with E-state index in [1.165, 1.54) is 36.4 Å². The molecule has 0 aliphatic heterocycles. The monoisotopic (exact) mass is 293 g/mol. The topological polar surface area (TPSA) is 97.5 Å². The highest BCUT2D eigenvalue weighted by Crippen LogP contribution is 2.38. The van der Waals surface area contributed by atoms with E-state index >= 15 is 0 Å². The van der Waals surface area contributed by atoms with Crippen molar-refractivity contribution >= 4 is 35.3 Å². The third-order valence-corrected chi connectivity index (χ3v) is 2.53. The van der Waals surface area contributed by atoms with Crippen LogP contribution >= 0.6 is 0 Å². The fourth-order valence-electron chi connectivity index (χ4n) is 1.65. The molecule has 0 spiro atoms. The highest BCUT2D eigenvalue weighted by molar-refractivity contribution is 5.67. The molecule has 0 aromatic heterocycles. The second kappa shape index (κ2) is 7.24. The molecule has 0 fully saturated rings. The zero-order chi connectivity index (χ0) is 15.8. The summed E-state index contributed by atoms with van der Waals surface area (Å²) in [6, 6.07) is 10.8. The number of hydrogen-bond donors (Lipinski definition) is 0. The Kier molecular flexibility index (Phi) is 4.86. The quantitative estimate of drug-likeness (QED) is 0.623. The largest absolute Gasteiger partial charge is 0.453 e. The summed E-state index contributed by atoms with van der Waals surface area (Å²) < 4.78 is 5.59. The average molecular weight is 293 g/mol.